The molecule has 1 rings (SSSR count). The second-order valence-corrected chi connectivity index (χ2v) is 3.94. The van der Waals surface area contributed by atoms with Crippen LogP contribution in [0.5, 0.6) is 0 Å². The molecule has 4 heteroatoms. The topological polar surface area (TPSA) is 52.6 Å². The smallest absolute Gasteiger partial charge is 0.323 e. The molecular formula is C10H16O4. The predicted octanol–water partition coefficient (Wildman–Crippen LogP) is 1.63. The molecule has 0 aromatic rings. The van der Waals surface area contributed by atoms with Gasteiger partial charge in [-0.15, -0.1) is 0 Å². The lowest BCUT2D eigenvalue weighted by Gasteiger charge is -2.32. The van der Waals surface area contributed by atoms with Gasteiger partial charge in [-0.1, -0.05) is 19.8 Å². The first-order valence-corrected chi connectivity index (χ1v) is 4.92. The van der Waals surface area contributed by atoms with Crippen LogP contribution in [0.3, 0.4) is 0 Å². The summed E-state index contributed by atoms with van der Waals surface area (Å²) in [6.45, 7) is 5.11. The molecule has 0 unspecified atom stereocenters. The van der Waals surface area contributed by atoms with Crippen LogP contribution in [0.2, 0.25) is 0 Å². The van der Waals surface area contributed by atoms with E-state index in [0.29, 0.717) is 6.42 Å². The zero-order valence-corrected chi connectivity index (χ0v) is 8.83. The first-order valence-electron chi connectivity index (χ1n) is 4.92. The van der Waals surface area contributed by atoms with Gasteiger partial charge >= 0.3 is 11.9 Å². The average Bonchev–Trinajstić information content (AvgIpc) is 2.00. The summed E-state index contributed by atoms with van der Waals surface area (Å²) in [5, 5.41) is 0. The molecule has 0 amide bonds. The minimum absolute atomic E-state index is 0.459. The van der Waals surface area contributed by atoms with Crippen molar-refractivity contribution in [2.24, 2.45) is 5.92 Å². The molecule has 0 atom stereocenters. The number of esters is 2. The lowest BCUT2D eigenvalue weighted by atomic mass is 10.0. The van der Waals surface area contributed by atoms with Crippen molar-refractivity contribution in [3.8, 4) is 0 Å². The van der Waals surface area contributed by atoms with Crippen LogP contribution >= 0.6 is 0 Å². The standard InChI is InChI=1S/C10H16O4/c1-4-5-6-7-8(11)13-10(2,3)14-9(7)12/h7H,4-6H2,1-3H3. The maximum absolute atomic E-state index is 11.4. The molecule has 1 fully saturated rings. The predicted molar refractivity (Wildman–Crippen MR) is 49.3 cm³/mol. The largest absolute Gasteiger partial charge is 0.422 e. The Labute approximate surface area is 83.6 Å². The number of cyclic esters (lactones) is 2. The molecule has 0 aromatic heterocycles. The Morgan fingerprint density at radius 3 is 2.14 bits per heavy atom. The monoisotopic (exact) mass is 200 g/mol. The fourth-order valence-electron chi connectivity index (χ4n) is 1.39. The molecule has 1 heterocycles. The van der Waals surface area contributed by atoms with Gasteiger partial charge in [0, 0.05) is 13.8 Å². The van der Waals surface area contributed by atoms with Crippen LogP contribution in [0.4, 0.5) is 0 Å². The lowest BCUT2D eigenvalue weighted by molar-refractivity contribution is -0.240. The van der Waals surface area contributed by atoms with Crippen LogP contribution in [-0.2, 0) is 19.1 Å². The van der Waals surface area contributed by atoms with E-state index in [2.05, 4.69) is 0 Å². The van der Waals surface area contributed by atoms with E-state index in [1.165, 1.54) is 0 Å². The third kappa shape index (κ3) is 2.47. The first kappa shape index (κ1) is 11.0. The van der Waals surface area contributed by atoms with Gasteiger partial charge in [-0.05, 0) is 6.42 Å². The molecule has 0 aliphatic carbocycles. The van der Waals surface area contributed by atoms with E-state index >= 15 is 0 Å². The molecule has 0 bridgehead atoms. The summed E-state index contributed by atoms with van der Waals surface area (Å²) in [4.78, 5) is 22.8. The van der Waals surface area contributed by atoms with Gasteiger partial charge in [-0.25, -0.2) is 0 Å². The van der Waals surface area contributed by atoms with Crippen molar-refractivity contribution in [3.05, 3.63) is 0 Å². The lowest BCUT2D eigenvalue weighted by Crippen LogP contribution is -2.46. The zero-order chi connectivity index (χ0) is 10.8. The van der Waals surface area contributed by atoms with Gasteiger partial charge in [0.1, 0.15) is 0 Å². The zero-order valence-electron chi connectivity index (χ0n) is 8.83. The number of rotatable bonds is 3. The maximum atomic E-state index is 11.4. The van der Waals surface area contributed by atoms with Crippen molar-refractivity contribution in [3.63, 3.8) is 0 Å². The summed E-state index contributed by atoms with van der Waals surface area (Å²) in [7, 11) is 0. The van der Waals surface area contributed by atoms with Crippen molar-refractivity contribution in [2.75, 3.05) is 0 Å². The van der Waals surface area contributed by atoms with E-state index < -0.39 is 23.6 Å². The molecule has 1 aliphatic heterocycles. The summed E-state index contributed by atoms with van der Waals surface area (Å²) < 4.78 is 9.94. The summed E-state index contributed by atoms with van der Waals surface area (Å²) in [5.74, 6) is -2.74. The molecule has 80 valence electrons. The van der Waals surface area contributed by atoms with Gasteiger partial charge in [-0.3, -0.25) is 9.59 Å². The van der Waals surface area contributed by atoms with Gasteiger partial charge in [-0.2, -0.15) is 0 Å². The van der Waals surface area contributed by atoms with E-state index in [-0.39, 0.29) is 0 Å². The van der Waals surface area contributed by atoms with Gasteiger partial charge in [0.2, 0.25) is 0 Å². The Balaban J connectivity index is 2.62. The molecule has 0 radical (unpaired) electrons. The number of unbranched alkanes of at least 4 members (excludes halogenated alkanes) is 1. The van der Waals surface area contributed by atoms with E-state index in [1.54, 1.807) is 13.8 Å². The Hall–Kier alpha value is -1.06. The van der Waals surface area contributed by atoms with Crippen LogP contribution in [0.25, 0.3) is 0 Å². The minimum atomic E-state index is -1.10. The molecule has 1 aliphatic rings. The van der Waals surface area contributed by atoms with Gasteiger partial charge in [0.25, 0.3) is 5.79 Å². The molecule has 14 heavy (non-hydrogen) atoms. The van der Waals surface area contributed by atoms with Crippen molar-refractivity contribution in [2.45, 2.75) is 45.8 Å². The average molecular weight is 200 g/mol. The molecule has 0 aromatic carbocycles. The van der Waals surface area contributed by atoms with Gasteiger partial charge in [0.05, 0.1) is 0 Å². The molecule has 1 saturated heterocycles. The summed E-state index contributed by atoms with van der Waals surface area (Å²) in [5.41, 5.74) is 0. The van der Waals surface area contributed by atoms with Gasteiger partial charge in [0.15, 0.2) is 5.92 Å². The summed E-state index contributed by atoms with van der Waals surface area (Å²) in [6.07, 6.45) is 2.29. The Kier molecular flexibility index (Phi) is 3.13. The summed E-state index contributed by atoms with van der Waals surface area (Å²) >= 11 is 0. The van der Waals surface area contributed by atoms with Crippen molar-refractivity contribution < 1.29 is 19.1 Å². The highest BCUT2D eigenvalue weighted by atomic mass is 16.7. The Morgan fingerprint density at radius 2 is 1.71 bits per heavy atom. The SMILES string of the molecule is CCCCC1C(=O)OC(C)(C)OC1=O. The summed E-state index contributed by atoms with van der Waals surface area (Å²) in [6, 6.07) is 0. The highest BCUT2D eigenvalue weighted by Crippen LogP contribution is 2.25. The first-order chi connectivity index (χ1) is 6.46. The number of carbonyl (C=O) groups is 2. The minimum Gasteiger partial charge on any atom is -0.422 e. The third-order valence-corrected chi connectivity index (χ3v) is 2.11. The van der Waals surface area contributed by atoms with Gasteiger partial charge < -0.3 is 9.47 Å². The Morgan fingerprint density at radius 1 is 1.21 bits per heavy atom. The van der Waals surface area contributed by atoms with Crippen LogP contribution in [0.1, 0.15) is 40.0 Å². The second kappa shape index (κ2) is 3.98. The molecular weight excluding hydrogens is 184 g/mol. The highest BCUT2D eigenvalue weighted by Gasteiger charge is 2.42. The fraction of sp³-hybridized carbons (Fsp3) is 0.800. The normalized spacial score (nSPS) is 21.6. The molecule has 0 spiro atoms. The fourth-order valence-corrected chi connectivity index (χ4v) is 1.39. The number of carbonyl (C=O) groups excluding carboxylic acids is 2. The molecule has 0 saturated carbocycles. The quantitative estimate of drug-likeness (QED) is 0.513. The van der Waals surface area contributed by atoms with E-state index in [4.69, 9.17) is 9.47 Å². The molecule has 0 N–H and O–H groups in total. The van der Waals surface area contributed by atoms with E-state index in [0.717, 1.165) is 12.8 Å². The Bertz CT molecular complexity index is 225. The van der Waals surface area contributed by atoms with E-state index in [1.807, 2.05) is 6.92 Å². The van der Waals surface area contributed by atoms with Crippen molar-refractivity contribution in [1.82, 2.24) is 0 Å². The van der Waals surface area contributed by atoms with Crippen molar-refractivity contribution >= 4 is 11.9 Å². The highest BCUT2D eigenvalue weighted by molar-refractivity contribution is 5.96. The number of hydrogen-bond donors (Lipinski definition) is 0. The maximum Gasteiger partial charge on any atom is 0.323 e. The van der Waals surface area contributed by atoms with Crippen LogP contribution in [0.15, 0.2) is 0 Å². The van der Waals surface area contributed by atoms with Crippen molar-refractivity contribution in [1.29, 1.82) is 0 Å². The van der Waals surface area contributed by atoms with Crippen LogP contribution in [0, 0.1) is 5.92 Å². The third-order valence-electron chi connectivity index (χ3n) is 2.11. The van der Waals surface area contributed by atoms with Crippen LogP contribution < -0.4 is 0 Å². The number of hydrogen-bond acceptors (Lipinski definition) is 4. The van der Waals surface area contributed by atoms with E-state index in [9.17, 15) is 9.59 Å². The second-order valence-electron chi connectivity index (χ2n) is 3.94. The number of ether oxygens (including phenoxy) is 2. The molecule has 4 nitrogen and oxygen atoms in total. The van der Waals surface area contributed by atoms with Crippen LogP contribution in [-0.4, -0.2) is 17.7 Å².